The minimum absolute atomic E-state index is 0.0497. The van der Waals surface area contributed by atoms with Crippen molar-refractivity contribution in [2.24, 2.45) is 0 Å². The van der Waals surface area contributed by atoms with E-state index in [1.165, 1.54) is 44.3 Å². The molecule has 0 atom stereocenters. The molecule has 0 saturated heterocycles. The van der Waals surface area contributed by atoms with Crippen LogP contribution in [0.3, 0.4) is 0 Å². The van der Waals surface area contributed by atoms with Gasteiger partial charge in [-0.2, -0.15) is 5.26 Å². The number of hydrogen-bond donors (Lipinski definition) is 0. The minimum atomic E-state index is -0.163. The van der Waals surface area contributed by atoms with Gasteiger partial charge in [0.2, 0.25) is 0 Å². The minimum Gasteiger partial charge on any atom is -0.309 e. The lowest BCUT2D eigenvalue weighted by atomic mass is 9.85. The molecule has 0 radical (unpaired) electrons. The fraction of sp³-hybridized carbons (Fsp3) is 0.229. The fourth-order valence-corrected chi connectivity index (χ4v) is 7.95. The molecule has 6 aromatic rings. The Labute approximate surface area is 247 Å². The summed E-state index contributed by atoms with van der Waals surface area (Å²) in [5.41, 5.74) is 6.20. The van der Waals surface area contributed by atoms with Gasteiger partial charge in [0, 0.05) is 36.1 Å². The molecule has 3 aromatic heterocycles. The van der Waals surface area contributed by atoms with Crippen molar-refractivity contribution in [1.82, 2.24) is 4.57 Å². The van der Waals surface area contributed by atoms with Gasteiger partial charge < -0.3 is 4.57 Å². The first-order chi connectivity index (χ1) is 19.4. The molecule has 0 N–H and O–H groups in total. The van der Waals surface area contributed by atoms with Crippen molar-refractivity contribution in [1.29, 1.82) is 10.5 Å². The summed E-state index contributed by atoms with van der Waals surface area (Å²) < 4.78 is 5.66. The molecule has 3 heterocycles. The van der Waals surface area contributed by atoms with Crippen LogP contribution in [-0.2, 0) is 10.8 Å². The van der Waals surface area contributed by atoms with E-state index in [9.17, 15) is 10.5 Å². The highest BCUT2D eigenvalue weighted by Crippen LogP contribution is 2.44. The summed E-state index contributed by atoms with van der Waals surface area (Å²) in [5.74, 6) is 0. The lowest BCUT2D eigenvalue weighted by molar-refractivity contribution is 0.590. The van der Waals surface area contributed by atoms with Crippen LogP contribution in [0.5, 0.6) is 0 Å². The number of fused-ring (bicyclic) bond motifs is 6. The van der Waals surface area contributed by atoms with Crippen molar-refractivity contribution in [3.8, 4) is 17.8 Å². The zero-order valence-electron chi connectivity index (χ0n) is 23.9. The van der Waals surface area contributed by atoms with Crippen LogP contribution in [0, 0.1) is 29.2 Å². The molecule has 0 aliphatic carbocycles. The van der Waals surface area contributed by atoms with E-state index in [-0.39, 0.29) is 22.1 Å². The molecular weight excluding hydrogens is 541 g/mol. The highest BCUT2D eigenvalue weighted by atomic mass is 32.1. The van der Waals surface area contributed by atoms with Gasteiger partial charge >= 0.3 is 0 Å². The number of rotatable bonds is 2. The number of hydrogen-bond acceptors (Lipinski definition) is 4. The third-order valence-corrected chi connectivity index (χ3v) is 10.1. The molecule has 0 bridgehead atoms. The summed E-state index contributed by atoms with van der Waals surface area (Å²) in [6.45, 7) is 20.8. The van der Waals surface area contributed by atoms with Crippen molar-refractivity contribution in [2.45, 2.75) is 52.4 Å². The Bertz CT molecular complexity index is 2110. The Balaban J connectivity index is 1.58. The number of nitriles is 2. The summed E-state index contributed by atoms with van der Waals surface area (Å²) >= 11 is 3.15. The van der Waals surface area contributed by atoms with E-state index in [0.717, 1.165) is 25.2 Å². The Morgan fingerprint density at radius 3 is 1.85 bits per heavy atom. The Morgan fingerprint density at radius 1 is 0.732 bits per heavy atom. The molecule has 0 saturated carbocycles. The first kappa shape index (κ1) is 26.8. The molecule has 6 heteroatoms. The number of thiophene rings is 2. The molecule has 0 fully saturated rings. The van der Waals surface area contributed by atoms with E-state index in [1.807, 2.05) is 12.1 Å². The van der Waals surface area contributed by atoms with E-state index in [2.05, 4.69) is 112 Å². The molecule has 41 heavy (non-hydrogen) atoms. The standard InChI is InChI=1S/C35H28N4S2/c1-34(2,3)20-8-12-28-24(14-20)25-15-21(35(4,5)6)9-13-29(25)39(28)22-10-11-23-30(16-22)40-32-17-31(41-33(23)32)26(18-36)27(19-37)38-7/h8-17H,1-6H3/b27-26-. The summed E-state index contributed by atoms with van der Waals surface area (Å²) in [4.78, 5) is 3.92. The predicted octanol–water partition coefficient (Wildman–Crippen LogP) is 10.5. The molecule has 200 valence electrons. The number of nitrogens with zero attached hydrogens (tertiary/aromatic N) is 4. The maximum Gasteiger partial charge on any atom is 0.280 e. The zero-order valence-corrected chi connectivity index (χ0v) is 25.5. The maximum absolute atomic E-state index is 9.63. The lowest BCUT2D eigenvalue weighted by Crippen LogP contribution is -2.10. The molecular formula is C35H28N4S2. The second-order valence-corrected chi connectivity index (χ2v) is 14.6. The van der Waals surface area contributed by atoms with Crippen LogP contribution in [0.2, 0.25) is 0 Å². The third-order valence-electron chi connectivity index (χ3n) is 7.70. The van der Waals surface area contributed by atoms with Gasteiger partial charge in [0.05, 0.1) is 40.0 Å². The van der Waals surface area contributed by atoms with Gasteiger partial charge in [-0.3, -0.25) is 0 Å². The second kappa shape index (κ2) is 9.32. The van der Waals surface area contributed by atoms with Crippen molar-refractivity contribution in [2.75, 3.05) is 0 Å². The van der Waals surface area contributed by atoms with Gasteiger partial charge in [-0.15, -0.1) is 22.7 Å². The zero-order chi connectivity index (χ0) is 29.3. The lowest BCUT2D eigenvalue weighted by Gasteiger charge is -2.19. The molecule has 0 spiro atoms. The first-order valence-electron chi connectivity index (χ1n) is 13.4. The molecule has 6 rings (SSSR count). The van der Waals surface area contributed by atoms with Gasteiger partial charge in [0.1, 0.15) is 0 Å². The van der Waals surface area contributed by atoms with Crippen LogP contribution in [-0.4, -0.2) is 4.57 Å². The molecule has 0 aliphatic rings. The Kier molecular flexibility index (Phi) is 6.09. The summed E-state index contributed by atoms with van der Waals surface area (Å²) in [5, 5.41) is 22.6. The maximum atomic E-state index is 9.63. The quantitative estimate of drug-likeness (QED) is 0.154. The van der Waals surface area contributed by atoms with Crippen LogP contribution in [0.4, 0.5) is 0 Å². The molecule has 0 amide bonds. The normalized spacial score (nSPS) is 13.0. The predicted molar refractivity (Wildman–Crippen MR) is 174 cm³/mol. The number of benzene rings is 3. The van der Waals surface area contributed by atoms with E-state index in [0.29, 0.717) is 4.88 Å². The van der Waals surface area contributed by atoms with E-state index < -0.39 is 0 Å². The monoisotopic (exact) mass is 568 g/mol. The molecule has 0 aliphatic heterocycles. The van der Waals surface area contributed by atoms with E-state index >= 15 is 0 Å². The van der Waals surface area contributed by atoms with Gasteiger partial charge in [0.15, 0.2) is 0 Å². The summed E-state index contributed by atoms with van der Waals surface area (Å²) in [6.07, 6.45) is 0. The van der Waals surface area contributed by atoms with Crippen LogP contribution in [0.15, 0.2) is 66.4 Å². The van der Waals surface area contributed by atoms with Crippen LogP contribution in [0.1, 0.15) is 57.5 Å². The largest absolute Gasteiger partial charge is 0.309 e. The first-order valence-corrected chi connectivity index (χ1v) is 15.1. The van der Waals surface area contributed by atoms with Gasteiger partial charge in [0.25, 0.3) is 5.70 Å². The molecule has 3 aromatic carbocycles. The van der Waals surface area contributed by atoms with Crippen molar-refractivity contribution in [3.05, 3.63) is 93.8 Å². The van der Waals surface area contributed by atoms with E-state index in [4.69, 9.17) is 6.57 Å². The van der Waals surface area contributed by atoms with Crippen LogP contribution in [0.25, 0.3) is 57.4 Å². The van der Waals surface area contributed by atoms with Crippen molar-refractivity contribution < 1.29 is 0 Å². The van der Waals surface area contributed by atoms with Crippen LogP contribution >= 0.6 is 22.7 Å². The number of aromatic nitrogens is 1. The Morgan fingerprint density at radius 2 is 1.34 bits per heavy atom. The summed E-state index contributed by atoms with van der Waals surface area (Å²) in [7, 11) is 0. The molecule has 4 nitrogen and oxygen atoms in total. The highest BCUT2D eigenvalue weighted by Gasteiger charge is 2.22. The number of allylic oxidation sites excluding steroid dienone is 2. The van der Waals surface area contributed by atoms with Gasteiger partial charge in [-0.05, 0) is 64.4 Å². The van der Waals surface area contributed by atoms with Gasteiger partial charge in [-0.25, -0.2) is 10.1 Å². The summed E-state index contributed by atoms with van der Waals surface area (Å²) in [6, 6.07) is 26.2. The topological polar surface area (TPSA) is 56.9 Å². The van der Waals surface area contributed by atoms with Crippen molar-refractivity contribution >= 4 is 69.5 Å². The SMILES string of the molecule is [C-]#[N+]/C(C#N)=C(/C#N)c1cc2sc3cc(-n4c5ccc(C(C)(C)C)cc5c5cc(C(C)(C)C)ccc54)ccc3c2s1. The smallest absolute Gasteiger partial charge is 0.280 e. The average Bonchev–Trinajstić information content (AvgIpc) is 3.58. The second-order valence-electron chi connectivity index (χ2n) is 12.4. The average molecular weight is 569 g/mol. The third kappa shape index (κ3) is 4.30. The Hall–Kier alpha value is -4.41. The van der Waals surface area contributed by atoms with Crippen molar-refractivity contribution in [3.63, 3.8) is 0 Å². The molecule has 0 unspecified atom stereocenters. The van der Waals surface area contributed by atoms with Gasteiger partial charge in [-0.1, -0.05) is 59.7 Å². The fourth-order valence-electron chi connectivity index (χ4n) is 5.40. The van der Waals surface area contributed by atoms with Crippen LogP contribution < -0.4 is 0 Å². The highest BCUT2D eigenvalue weighted by molar-refractivity contribution is 7.33. The van der Waals surface area contributed by atoms with E-state index in [1.54, 1.807) is 11.3 Å².